The van der Waals surface area contributed by atoms with Crippen LogP contribution in [0.25, 0.3) is 0 Å². The molecule has 2 fully saturated rings. The van der Waals surface area contributed by atoms with E-state index >= 15 is 0 Å². The van der Waals surface area contributed by atoms with Crippen LogP contribution in [0.1, 0.15) is 72.1 Å². The summed E-state index contributed by atoms with van der Waals surface area (Å²) in [6, 6.07) is 3.69. The molecule has 1 heterocycles. The van der Waals surface area contributed by atoms with Crippen molar-refractivity contribution in [2.45, 2.75) is 89.8 Å². The van der Waals surface area contributed by atoms with Crippen molar-refractivity contribution in [2.75, 3.05) is 13.1 Å². The van der Waals surface area contributed by atoms with E-state index in [4.69, 9.17) is 0 Å². The van der Waals surface area contributed by atoms with Crippen LogP contribution < -0.4 is 5.32 Å². The molecular formula is C18H33N3. The van der Waals surface area contributed by atoms with Crippen LogP contribution in [0.4, 0.5) is 0 Å². The first-order valence-corrected chi connectivity index (χ1v) is 8.97. The summed E-state index contributed by atoms with van der Waals surface area (Å²) in [7, 11) is 0. The number of nitrogens with zero attached hydrogens (tertiary/aromatic N) is 2. The lowest BCUT2D eigenvalue weighted by Crippen LogP contribution is -2.48. The predicted molar refractivity (Wildman–Crippen MR) is 88.1 cm³/mol. The van der Waals surface area contributed by atoms with Gasteiger partial charge in [0.15, 0.2) is 0 Å². The molecule has 1 saturated heterocycles. The van der Waals surface area contributed by atoms with Crippen LogP contribution in [-0.2, 0) is 0 Å². The van der Waals surface area contributed by atoms with E-state index in [0.29, 0.717) is 6.04 Å². The van der Waals surface area contributed by atoms with Gasteiger partial charge in [0.05, 0.1) is 6.07 Å². The number of likely N-dealkylation sites (tertiary alicyclic amines) is 1. The fraction of sp³-hybridized carbons (Fsp3) is 0.944. The summed E-state index contributed by atoms with van der Waals surface area (Å²) in [5.74, 6) is 0.962. The lowest BCUT2D eigenvalue weighted by molar-refractivity contribution is 0.0584. The van der Waals surface area contributed by atoms with Gasteiger partial charge in [-0.15, -0.1) is 0 Å². The monoisotopic (exact) mass is 291 g/mol. The van der Waals surface area contributed by atoms with Crippen molar-refractivity contribution in [1.29, 1.82) is 5.26 Å². The predicted octanol–water partition coefficient (Wildman–Crippen LogP) is 3.70. The second-order valence-electron chi connectivity index (χ2n) is 7.64. The van der Waals surface area contributed by atoms with E-state index in [1.165, 1.54) is 51.6 Å². The topological polar surface area (TPSA) is 39.1 Å². The summed E-state index contributed by atoms with van der Waals surface area (Å²) in [6.07, 6.45) is 10.6. The van der Waals surface area contributed by atoms with Gasteiger partial charge in [-0.3, -0.25) is 5.32 Å². The standard InChI is InChI=1S/C18H33N3/c1-15(2)20-18(3,14-19)11-7-13-21-12-6-9-16-8-4-5-10-17(16)21/h15-17,20H,4-13H2,1-3H3. The van der Waals surface area contributed by atoms with Crippen molar-refractivity contribution in [3.63, 3.8) is 0 Å². The lowest BCUT2D eigenvalue weighted by atomic mass is 9.78. The van der Waals surface area contributed by atoms with E-state index in [9.17, 15) is 5.26 Å². The van der Waals surface area contributed by atoms with E-state index in [-0.39, 0.29) is 5.54 Å². The highest BCUT2D eigenvalue weighted by Crippen LogP contribution is 2.35. The smallest absolute Gasteiger partial charge is 0.104 e. The van der Waals surface area contributed by atoms with Gasteiger partial charge in [-0.05, 0) is 78.3 Å². The van der Waals surface area contributed by atoms with Crippen molar-refractivity contribution < 1.29 is 0 Å². The Morgan fingerprint density at radius 3 is 2.67 bits per heavy atom. The second-order valence-corrected chi connectivity index (χ2v) is 7.64. The minimum absolute atomic E-state index is 0.365. The Bertz CT molecular complexity index is 358. The average Bonchev–Trinajstić information content (AvgIpc) is 2.47. The molecule has 3 atom stereocenters. The quantitative estimate of drug-likeness (QED) is 0.811. The Labute approximate surface area is 131 Å². The maximum Gasteiger partial charge on any atom is 0.104 e. The maximum absolute atomic E-state index is 9.43. The van der Waals surface area contributed by atoms with Crippen LogP contribution in [0.3, 0.4) is 0 Å². The third-order valence-corrected chi connectivity index (χ3v) is 5.33. The molecule has 0 spiro atoms. The van der Waals surface area contributed by atoms with Gasteiger partial charge in [0, 0.05) is 12.1 Å². The second kappa shape index (κ2) is 7.61. The first kappa shape index (κ1) is 16.8. The number of nitrogens with one attached hydrogen (secondary N) is 1. The molecule has 1 aliphatic heterocycles. The molecule has 3 heteroatoms. The van der Waals surface area contributed by atoms with Crippen molar-refractivity contribution in [3.05, 3.63) is 0 Å². The number of fused-ring (bicyclic) bond motifs is 1. The zero-order valence-electron chi connectivity index (χ0n) is 14.2. The zero-order valence-corrected chi connectivity index (χ0v) is 14.2. The molecule has 1 N–H and O–H groups in total. The summed E-state index contributed by atoms with van der Waals surface area (Å²) in [5.41, 5.74) is -0.365. The summed E-state index contributed by atoms with van der Waals surface area (Å²) in [6.45, 7) is 8.74. The number of hydrogen-bond donors (Lipinski definition) is 1. The first-order valence-electron chi connectivity index (χ1n) is 8.97. The average molecular weight is 291 g/mol. The van der Waals surface area contributed by atoms with Crippen molar-refractivity contribution in [2.24, 2.45) is 5.92 Å². The van der Waals surface area contributed by atoms with Gasteiger partial charge in [-0.2, -0.15) is 5.26 Å². The molecule has 0 bridgehead atoms. The van der Waals surface area contributed by atoms with Crippen LogP contribution in [0.2, 0.25) is 0 Å². The van der Waals surface area contributed by atoms with E-state index in [1.807, 2.05) is 6.92 Å². The van der Waals surface area contributed by atoms with E-state index in [1.54, 1.807) is 0 Å². The molecule has 120 valence electrons. The first-order chi connectivity index (χ1) is 10.0. The Balaban J connectivity index is 1.80. The van der Waals surface area contributed by atoms with Crippen LogP contribution in [0.5, 0.6) is 0 Å². The van der Waals surface area contributed by atoms with Gasteiger partial charge in [-0.25, -0.2) is 0 Å². The lowest BCUT2D eigenvalue weighted by Gasteiger charge is -2.44. The normalized spacial score (nSPS) is 29.7. The molecule has 0 radical (unpaired) electrons. The van der Waals surface area contributed by atoms with Crippen LogP contribution in [-0.4, -0.2) is 35.6 Å². The fourth-order valence-corrected chi connectivity index (χ4v) is 4.44. The van der Waals surface area contributed by atoms with Gasteiger partial charge < -0.3 is 4.90 Å². The third-order valence-electron chi connectivity index (χ3n) is 5.33. The molecular weight excluding hydrogens is 258 g/mol. The summed E-state index contributed by atoms with van der Waals surface area (Å²) in [4.78, 5) is 2.74. The molecule has 0 aromatic heterocycles. The number of rotatable bonds is 6. The number of nitriles is 1. The molecule has 3 nitrogen and oxygen atoms in total. The van der Waals surface area contributed by atoms with Crippen molar-refractivity contribution in [1.82, 2.24) is 10.2 Å². The Morgan fingerprint density at radius 1 is 1.24 bits per heavy atom. The van der Waals surface area contributed by atoms with Crippen LogP contribution >= 0.6 is 0 Å². The highest BCUT2D eigenvalue weighted by atomic mass is 15.2. The molecule has 1 saturated carbocycles. The molecule has 1 aliphatic carbocycles. The summed E-state index contributed by atoms with van der Waals surface area (Å²) >= 11 is 0. The van der Waals surface area contributed by atoms with Gasteiger partial charge in [0.2, 0.25) is 0 Å². The van der Waals surface area contributed by atoms with Crippen molar-refractivity contribution in [3.8, 4) is 6.07 Å². The maximum atomic E-state index is 9.43. The SMILES string of the molecule is CC(C)NC(C)(C#N)CCCN1CCCC2CCCCC21. The number of piperidine rings is 1. The third kappa shape index (κ3) is 4.69. The summed E-state index contributed by atoms with van der Waals surface area (Å²) in [5, 5.41) is 12.9. The Hall–Kier alpha value is -0.590. The minimum atomic E-state index is -0.365. The molecule has 3 unspecified atom stereocenters. The molecule has 0 aromatic rings. The van der Waals surface area contributed by atoms with E-state index in [2.05, 4.69) is 30.1 Å². The molecule has 0 amide bonds. The Kier molecular flexibility index (Phi) is 6.08. The zero-order chi connectivity index (χ0) is 15.3. The van der Waals surface area contributed by atoms with Gasteiger partial charge >= 0.3 is 0 Å². The van der Waals surface area contributed by atoms with Gasteiger partial charge in [-0.1, -0.05) is 12.8 Å². The van der Waals surface area contributed by atoms with E-state index in [0.717, 1.165) is 24.8 Å². The minimum Gasteiger partial charge on any atom is -0.300 e. The van der Waals surface area contributed by atoms with E-state index < -0.39 is 0 Å². The molecule has 0 aromatic carbocycles. The highest BCUT2D eigenvalue weighted by molar-refractivity contribution is 5.04. The molecule has 2 aliphatic rings. The Morgan fingerprint density at radius 2 is 1.95 bits per heavy atom. The van der Waals surface area contributed by atoms with Gasteiger partial charge in [0.1, 0.15) is 5.54 Å². The fourth-order valence-electron chi connectivity index (χ4n) is 4.44. The van der Waals surface area contributed by atoms with Crippen molar-refractivity contribution >= 4 is 0 Å². The van der Waals surface area contributed by atoms with Crippen LogP contribution in [0, 0.1) is 17.2 Å². The number of hydrogen-bond acceptors (Lipinski definition) is 3. The molecule has 21 heavy (non-hydrogen) atoms. The van der Waals surface area contributed by atoms with Crippen LogP contribution in [0.15, 0.2) is 0 Å². The summed E-state index contributed by atoms with van der Waals surface area (Å²) < 4.78 is 0. The highest BCUT2D eigenvalue weighted by Gasteiger charge is 2.33. The largest absolute Gasteiger partial charge is 0.300 e. The van der Waals surface area contributed by atoms with Gasteiger partial charge in [0.25, 0.3) is 0 Å². The molecule has 2 rings (SSSR count).